The van der Waals surface area contributed by atoms with Crippen molar-refractivity contribution in [1.29, 1.82) is 0 Å². The predicted octanol–water partition coefficient (Wildman–Crippen LogP) is 3.27. The lowest BCUT2D eigenvalue weighted by Crippen LogP contribution is -2.01. The molecule has 0 aliphatic carbocycles. The van der Waals surface area contributed by atoms with Gasteiger partial charge in [-0.1, -0.05) is 31.9 Å². The van der Waals surface area contributed by atoms with Crippen LogP contribution in [0.3, 0.4) is 0 Å². The first-order chi connectivity index (χ1) is 6.13. The third kappa shape index (κ3) is 3.12. The highest BCUT2D eigenvalue weighted by Gasteiger charge is 2.02. The van der Waals surface area contributed by atoms with Crippen molar-refractivity contribution in [3.05, 3.63) is 28.2 Å². The van der Waals surface area contributed by atoms with Gasteiger partial charge in [0.15, 0.2) is 0 Å². The van der Waals surface area contributed by atoms with Gasteiger partial charge in [0, 0.05) is 16.7 Å². The molecule has 0 aromatic heterocycles. The van der Waals surface area contributed by atoms with Crippen LogP contribution < -0.4 is 4.74 Å². The number of rotatable bonds is 2. The molecule has 0 aliphatic heterocycles. The number of halogens is 2. The van der Waals surface area contributed by atoms with Gasteiger partial charge in [-0.05, 0) is 23.8 Å². The highest BCUT2D eigenvalue weighted by atomic mass is 79.9. The van der Waals surface area contributed by atoms with Crippen molar-refractivity contribution >= 4 is 37.8 Å². The van der Waals surface area contributed by atoms with E-state index in [2.05, 4.69) is 31.9 Å². The van der Waals surface area contributed by atoms with Gasteiger partial charge >= 0.3 is 5.97 Å². The Balaban J connectivity index is 2.92. The fourth-order valence-electron chi connectivity index (χ4n) is 0.883. The summed E-state index contributed by atoms with van der Waals surface area (Å²) in [5.74, 6) is 0.271. The van der Waals surface area contributed by atoms with Crippen molar-refractivity contribution in [3.63, 3.8) is 0 Å². The smallest absolute Gasteiger partial charge is 0.308 e. The van der Waals surface area contributed by atoms with Crippen LogP contribution in [0.15, 0.2) is 22.7 Å². The Kier molecular flexibility index (Phi) is 3.93. The van der Waals surface area contributed by atoms with Crippen LogP contribution >= 0.6 is 31.9 Å². The van der Waals surface area contributed by atoms with Crippen molar-refractivity contribution in [3.8, 4) is 5.75 Å². The largest absolute Gasteiger partial charge is 0.427 e. The van der Waals surface area contributed by atoms with Crippen LogP contribution in [0.25, 0.3) is 0 Å². The molecule has 4 heteroatoms. The molecule has 2 nitrogen and oxygen atoms in total. The minimum atomic E-state index is -0.303. The summed E-state index contributed by atoms with van der Waals surface area (Å²) in [6.45, 7) is 1.38. The lowest BCUT2D eigenvalue weighted by Gasteiger charge is -2.04. The van der Waals surface area contributed by atoms with Crippen molar-refractivity contribution in [2.75, 3.05) is 0 Å². The van der Waals surface area contributed by atoms with E-state index < -0.39 is 0 Å². The Bertz CT molecular complexity index is 323. The van der Waals surface area contributed by atoms with Gasteiger partial charge in [-0.2, -0.15) is 0 Å². The van der Waals surface area contributed by atoms with Crippen molar-refractivity contribution in [2.24, 2.45) is 0 Å². The maximum absolute atomic E-state index is 10.7. The molecule has 0 atom stereocenters. The summed E-state index contributed by atoms with van der Waals surface area (Å²) in [5, 5.41) is 0.725. The number of ether oxygens (including phenoxy) is 1. The third-order valence-electron chi connectivity index (χ3n) is 1.42. The lowest BCUT2D eigenvalue weighted by atomic mass is 10.2. The molecule has 0 spiro atoms. The second-order valence-corrected chi connectivity index (χ2v) is 3.90. The zero-order chi connectivity index (χ0) is 9.84. The molecule has 1 aromatic carbocycles. The van der Waals surface area contributed by atoms with Gasteiger partial charge in [0.05, 0.1) is 0 Å². The van der Waals surface area contributed by atoms with Gasteiger partial charge in [0.25, 0.3) is 0 Å². The van der Waals surface area contributed by atoms with Crippen LogP contribution in [-0.2, 0) is 10.1 Å². The summed E-state index contributed by atoms with van der Waals surface area (Å²) in [4.78, 5) is 10.7. The normalized spacial score (nSPS) is 9.77. The average Bonchev–Trinajstić information content (AvgIpc) is 2.07. The number of esters is 1. The monoisotopic (exact) mass is 306 g/mol. The van der Waals surface area contributed by atoms with E-state index in [-0.39, 0.29) is 5.97 Å². The summed E-state index contributed by atoms with van der Waals surface area (Å²) in [6.07, 6.45) is 0. The minimum absolute atomic E-state index is 0.303. The van der Waals surface area contributed by atoms with Gasteiger partial charge in [-0.25, -0.2) is 0 Å². The Morgan fingerprint density at radius 1 is 1.54 bits per heavy atom. The van der Waals surface area contributed by atoms with E-state index in [1.807, 2.05) is 12.1 Å². The highest BCUT2D eigenvalue weighted by molar-refractivity contribution is 9.10. The summed E-state index contributed by atoms with van der Waals surface area (Å²) in [6, 6.07) is 5.42. The molecule has 13 heavy (non-hydrogen) atoms. The third-order valence-corrected chi connectivity index (χ3v) is 2.80. The molecule has 0 amide bonds. The molecular formula is C9H8Br2O2. The van der Waals surface area contributed by atoms with E-state index in [0.29, 0.717) is 5.75 Å². The van der Waals surface area contributed by atoms with Crippen LogP contribution in [0.2, 0.25) is 0 Å². The van der Waals surface area contributed by atoms with E-state index in [1.165, 1.54) is 6.92 Å². The van der Waals surface area contributed by atoms with Crippen LogP contribution in [0.5, 0.6) is 5.75 Å². The van der Waals surface area contributed by atoms with Gasteiger partial charge in [-0.15, -0.1) is 0 Å². The first kappa shape index (κ1) is 10.7. The molecule has 70 valence electrons. The first-order valence-electron chi connectivity index (χ1n) is 3.66. The van der Waals surface area contributed by atoms with E-state index >= 15 is 0 Å². The Morgan fingerprint density at radius 3 is 2.77 bits per heavy atom. The molecule has 0 unspecified atom stereocenters. The summed E-state index contributed by atoms with van der Waals surface area (Å²) in [5.41, 5.74) is 1.05. The van der Waals surface area contributed by atoms with Crippen molar-refractivity contribution < 1.29 is 9.53 Å². The molecule has 0 saturated carbocycles. The molecule has 1 rings (SSSR count). The quantitative estimate of drug-likeness (QED) is 0.476. The predicted molar refractivity (Wildman–Crippen MR) is 58.1 cm³/mol. The van der Waals surface area contributed by atoms with E-state index in [1.54, 1.807) is 6.07 Å². The second-order valence-electron chi connectivity index (χ2n) is 2.48. The van der Waals surface area contributed by atoms with Gasteiger partial charge in [0.1, 0.15) is 5.75 Å². The molecule has 0 bridgehead atoms. The average molecular weight is 308 g/mol. The number of carbonyl (C=O) groups excluding carboxylic acids is 1. The maximum atomic E-state index is 10.7. The molecule has 0 heterocycles. The van der Waals surface area contributed by atoms with Gasteiger partial charge in [0.2, 0.25) is 0 Å². The van der Waals surface area contributed by atoms with Crippen LogP contribution in [0.1, 0.15) is 12.5 Å². The fraction of sp³-hybridized carbons (Fsp3) is 0.222. The zero-order valence-electron chi connectivity index (χ0n) is 7.01. The summed E-state index contributed by atoms with van der Waals surface area (Å²) in [7, 11) is 0. The fourth-order valence-corrected chi connectivity index (χ4v) is 2.11. The topological polar surface area (TPSA) is 26.3 Å². The second kappa shape index (κ2) is 4.77. The SMILES string of the molecule is CC(=O)Oc1ccc(Br)c(CBr)c1. The number of carbonyl (C=O) groups is 1. The molecule has 0 aliphatic rings. The first-order valence-corrected chi connectivity index (χ1v) is 5.57. The summed E-state index contributed by atoms with van der Waals surface area (Å²) < 4.78 is 5.93. The summed E-state index contributed by atoms with van der Waals surface area (Å²) >= 11 is 6.72. The Morgan fingerprint density at radius 2 is 2.23 bits per heavy atom. The molecule has 0 saturated heterocycles. The molecular weight excluding hydrogens is 300 g/mol. The Hall–Kier alpha value is -0.350. The number of benzene rings is 1. The lowest BCUT2D eigenvalue weighted by molar-refractivity contribution is -0.131. The maximum Gasteiger partial charge on any atom is 0.308 e. The molecule has 0 fully saturated rings. The molecule has 0 radical (unpaired) electrons. The van der Waals surface area contributed by atoms with Gasteiger partial charge < -0.3 is 4.74 Å². The van der Waals surface area contributed by atoms with E-state index in [9.17, 15) is 4.79 Å². The van der Waals surface area contributed by atoms with Crippen LogP contribution in [0, 0.1) is 0 Å². The van der Waals surface area contributed by atoms with Crippen molar-refractivity contribution in [2.45, 2.75) is 12.3 Å². The zero-order valence-corrected chi connectivity index (χ0v) is 10.2. The Labute approximate surface area is 93.5 Å². The number of hydrogen-bond donors (Lipinski definition) is 0. The highest BCUT2D eigenvalue weighted by Crippen LogP contribution is 2.24. The van der Waals surface area contributed by atoms with E-state index in [4.69, 9.17) is 4.74 Å². The van der Waals surface area contributed by atoms with Crippen LogP contribution in [-0.4, -0.2) is 5.97 Å². The van der Waals surface area contributed by atoms with Gasteiger partial charge in [-0.3, -0.25) is 4.79 Å². The standard InChI is InChI=1S/C9H8Br2O2/c1-6(12)13-8-2-3-9(11)7(4-8)5-10/h2-4H,5H2,1H3. The molecule has 1 aromatic rings. The number of alkyl halides is 1. The van der Waals surface area contributed by atoms with E-state index in [0.717, 1.165) is 15.4 Å². The van der Waals surface area contributed by atoms with Crippen molar-refractivity contribution in [1.82, 2.24) is 0 Å². The molecule has 0 N–H and O–H groups in total. The number of hydrogen-bond acceptors (Lipinski definition) is 2. The minimum Gasteiger partial charge on any atom is -0.427 e. The van der Waals surface area contributed by atoms with Crippen LogP contribution in [0.4, 0.5) is 0 Å².